The molecular weight excluding hydrogens is 609 g/mol. The molecule has 6 rings (SSSR count). The summed E-state index contributed by atoms with van der Waals surface area (Å²) < 4.78 is 70.7. The molecule has 3 N–H and O–H groups in total. The molecule has 3 fully saturated rings. The molecule has 1 aromatic carbocycles. The smallest absolute Gasteiger partial charge is 0.312 e. The summed E-state index contributed by atoms with van der Waals surface area (Å²) in [6.45, 7) is 3.29. The maximum absolute atomic E-state index is 14.1. The lowest BCUT2D eigenvalue weighted by Crippen LogP contribution is -2.56. The number of benzene rings is 1. The van der Waals surface area contributed by atoms with Crippen LogP contribution in [0.1, 0.15) is 63.3 Å². The van der Waals surface area contributed by atoms with Crippen molar-refractivity contribution >= 4 is 0 Å². The molecule has 4 unspecified atom stereocenters. The number of rotatable bonds is 5. The van der Waals surface area contributed by atoms with Crippen molar-refractivity contribution in [3.8, 4) is 16.9 Å². The van der Waals surface area contributed by atoms with Gasteiger partial charge < -0.3 is 10.6 Å². The van der Waals surface area contributed by atoms with E-state index in [4.69, 9.17) is 0 Å². The van der Waals surface area contributed by atoms with E-state index in [9.17, 15) is 26.7 Å². The van der Waals surface area contributed by atoms with Gasteiger partial charge in [0.25, 0.3) is 5.56 Å². The third kappa shape index (κ3) is 6.73. The monoisotopic (exact) mass is 649 g/mol. The van der Waals surface area contributed by atoms with Crippen molar-refractivity contribution in [3.63, 3.8) is 0 Å². The fourth-order valence-corrected chi connectivity index (χ4v) is 7.35. The summed E-state index contributed by atoms with van der Waals surface area (Å²) in [6, 6.07) is 5.79. The Balaban J connectivity index is 1.34. The Morgan fingerprint density at radius 1 is 1.07 bits per heavy atom. The lowest BCUT2D eigenvalue weighted by atomic mass is 9.79. The van der Waals surface area contributed by atoms with Crippen LogP contribution < -0.4 is 21.6 Å². The molecular formula is C31H40F5N9O. The van der Waals surface area contributed by atoms with E-state index in [2.05, 4.69) is 38.3 Å². The molecule has 3 saturated heterocycles. The number of alkyl halides is 5. The van der Waals surface area contributed by atoms with E-state index in [1.807, 2.05) is 6.92 Å². The molecule has 6 atom stereocenters. The Bertz CT molecular complexity index is 1560. The van der Waals surface area contributed by atoms with Gasteiger partial charge in [-0.25, -0.2) is 15.1 Å². The number of nitrogens with zero attached hydrogens (tertiary/aromatic N) is 6. The summed E-state index contributed by atoms with van der Waals surface area (Å²) in [7, 11) is 0. The van der Waals surface area contributed by atoms with Crippen LogP contribution in [0.2, 0.25) is 0 Å². The van der Waals surface area contributed by atoms with Gasteiger partial charge in [0.1, 0.15) is 0 Å². The van der Waals surface area contributed by atoms with Gasteiger partial charge in [-0.3, -0.25) is 9.36 Å². The lowest BCUT2D eigenvalue weighted by Gasteiger charge is -2.42. The predicted octanol–water partition coefficient (Wildman–Crippen LogP) is 4.17. The lowest BCUT2D eigenvalue weighted by molar-refractivity contribution is -0.141. The van der Waals surface area contributed by atoms with Gasteiger partial charge in [0, 0.05) is 36.3 Å². The fraction of sp³-hybridized carbons (Fsp3) is 0.613. The summed E-state index contributed by atoms with van der Waals surface area (Å²) >= 11 is 0. The van der Waals surface area contributed by atoms with Crippen LogP contribution in [0.4, 0.5) is 22.0 Å². The van der Waals surface area contributed by atoms with Crippen LogP contribution in [0.5, 0.6) is 0 Å². The normalized spacial score (nSPS) is 28.1. The first kappa shape index (κ1) is 32.7. The van der Waals surface area contributed by atoms with Crippen molar-refractivity contribution in [2.75, 3.05) is 19.6 Å². The van der Waals surface area contributed by atoms with Crippen molar-refractivity contribution in [1.82, 2.24) is 45.6 Å². The molecule has 46 heavy (non-hydrogen) atoms. The predicted molar refractivity (Wildman–Crippen MR) is 161 cm³/mol. The van der Waals surface area contributed by atoms with Gasteiger partial charge >= 0.3 is 12.7 Å². The summed E-state index contributed by atoms with van der Waals surface area (Å²) in [5.74, 6) is 0.307. The number of aromatic nitrogens is 5. The minimum Gasteiger partial charge on any atom is -0.312 e. The van der Waals surface area contributed by atoms with Gasteiger partial charge in [-0.15, -0.1) is 5.10 Å². The van der Waals surface area contributed by atoms with E-state index in [1.54, 1.807) is 22.8 Å². The zero-order valence-electron chi connectivity index (χ0n) is 25.9. The molecule has 0 saturated carbocycles. The first-order chi connectivity index (χ1) is 22.0. The van der Waals surface area contributed by atoms with E-state index in [0.29, 0.717) is 55.2 Å². The Kier molecular flexibility index (Phi) is 9.55. The summed E-state index contributed by atoms with van der Waals surface area (Å²) in [5, 5.41) is 15.2. The van der Waals surface area contributed by atoms with E-state index in [1.165, 1.54) is 12.4 Å². The average molecular weight is 650 g/mol. The van der Waals surface area contributed by atoms with Gasteiger partial charge in [0.15, 0.2) is 5.69 Å². The van der Waals surface area contributed by atoms with Crippen molar-refractivity contribution < 1.29 is 22.0 Å². The molecule has 0 aliphatic carbocycles. The maximum Gasteiger partial charge on any atom is 0.436 e. The first-order valence-corrected chi connectivity index (χ1v) is 16.0. The second kappa shape index (κ2) is 13.5. The topological polar surface area (TPSA) is 105 Å². The van der Waals surface area contributed by atoms with Gasteiger partial charge in [-0.05, 0) is 74.7 Å². The van der Waals surface area contributed by atoms with E-state index < -0.39 is 18.4 Å². The fourth-order valence-electron chi connectivity index (χ4n) is 7.35. The highest BCUT2D eigenvalue weighted by Crippen LogP contribution is 2.35. The molecule has 250 valence electrons. The number of aryl methyl sites for hydroxylation is 1. The standard InChI is InChI=1S/C31H40F5N9O/c1-3-19-7-8-25(44-16-27(41-42-44)31(34,35)36)21(11-19)22-13-28(46)43(17-39-22)26-6-4-5-18(2)14-38-24-15-40-45(30(32)33)29(24)20-9-10-37-23(26)12-20/h7-8,11,13,16-18,20,23-24,26,29-30,37-38,40H,3-6,9-10,12,14-15H2,1-2H3/t18-,20?,23?,24?,26+,29?/m1/s1. The Labute approximate surface area is 263 Å². The minimum absolute atomic E-state index is 0.0171. The third-order valence-electron chi connectivity index (χ3n) is 9.76. The molecule has 0 amide bonds. The Morgan fingerprint density at radius 2 is 1.89 bits per heavy atom. The minimum atomic E-state index is -4.65. The van der Waals surface area contributed by atoms with Gasteiger partial charge in [0.05, 0.1) is 29.9 Å². The van der Waals surface area contributed by atoms with Crippen LogP contribution >= 0.6 is 0 Å². The van der Waals surface area contributed by atoms with Crippen LogP contribution in [0.25, 0.3) is 16.9 Å². The molecule has 0 radical (unpaired) electrons. The quantitative estimate of drug-likeness (QED) is 0.280. The SMILES string of the molecule is CCc1ccc(-n2cc(C(F)(F)F)nn2)c(-c2cc(=O)n([C@H]3CCC[C@@H](C)CNC4CNN(C(F)F)C4C4CCNC3C4)cn2)c1. The van der Waals surface area contributed by atoms with Crippen molar-refractivity contribution in [3.05, 3.63) is 58.4 Å². The number of halogens is 5. The number of hydrazine groups is 1. The van der Waals surface area contributed by atoms with Gasteiger partial charge in [-0.1, -0.05) is 31.5 Å². The Hall–Kier alpha value is -3.27. The molecule has 5 heterocycles. The van der Waals surface area contributed by atoms with Crippen molar-refractivity contribution in [2.45, 2.75) is 89.3 Å². The van der Waals surface area contributed by atoms with Crippen LogP contribution in [-0.4, -0.2) is 73.9 Å². The molecule has 15 heteroatoms. The van der Waals surface area contributed by atoms with Crippen LogP contribution in [-0.2, 0) is 12.6 Å². The van der Waals surface area contributed by atoms with Crippen LogP contribution in [0, 0.1) is 11.8 Å². The highest BCUT2D eigenvalue weighted by atomic mass is 19.4. The second-order valence-electron chi connectivity index (χ2n) is 12.8. The highest BCUT2D eigenvalue weighted by molar-refractivity contribution is 5.70. The van der Waals surface area contributed by atoms with E-state index in [0.717, 1.165) is 47.3 Å². The van der Waals surface area contributed by atoms with Crippen molar-refractivity contribution in [2.24, 2.45) is 11.8 Å². The molecule has 3 aromatic rings. The summed E-state index contributed by atoms with van der Waals surface area (Å²) in [4.78, 5) is 18.5. The van der Waals surface area contributed by atoms with E-state index >= 15 is 0 Å². The van der Waals surface area contributed by atoms with Crippen LogP contribution in [0.3, 0.4) is 0 Å². The maximum atomic E-state index is 14.1. The van der Waals surface area contributed by atoms with Gasteiger partial charge in [-0.2, -0.15) is 27.0 Å². The molecule has 2 aromatic heterocycles. The molecule has 0 spiro atoms. The summed E-state index contributed by atoms with van der Waals surface area (Å²) in [6.07, 6.45) is 2.20. The number of fused-ring (bicyclic) bond motifs is 4. The molecule has 10 nitrogen and oxygen atoms in total. The van der Waals surface area contributed by atoms with E-state index in [-0.39, 0.29) is 35.6 Å². The summed E-state index contributed by atoms with van der Waals surface area (Å²) in [5.41, 5.74) is 3.51. The number of hydrogen-bond acceptors (Lipinski definition) is 8. The zero-order valence-corrected chi connectivity index (χ0v) is 25.9. The molecule has 3 aliphatic rings. The third-order valence-corrected chi connectivity index (χ3v) is 9.76. The van der Waals surface area contributed by atoms with Crippen LogP contribution in [0.15, 0.2) is 41.6 Å². The Morgan fingerprint density at radius 3 is 2.61 bits per heavy atom. The number of hydrogen-bond donors (Lipinski definition) is 3. The van der Waals surface area contributed by atoms with Crippen molar-refractivity contribution in [1.29, 1.82) is 0 Å². The first-order valence-electron chi connectivity index (χ1n) is 16.0. The highest BCUT2D eigenvalue weighted by Gasteiger charge is 2.45. The largest absolute Gasteiger partial charge is 0.436 e. The second-order valence-corrected chi connectivity index (χ2v) is 12.8. The van der Waals surface area contributed by atoms with Gasteiger partial charge in [0.2, 0.25) is 0 Å². The number of piperidine rings is 1. The zero-order chi connectivity index (χ0) is 32.6. The number of nitrogens with one attached hydrogen (secondary N) is 3. The molecule has 2 bridgehead atoms. The average Bonchev–Trinajstić information content (AvgIpc) is 3.70. The molecule has 3 aliphatic heterocycles.